The third-order valence-electron chi connectivity index (χ3n) is 4.79. The molecular formula is C18H25F3N4O2S. The molecule has 0 aromatic carbocycles. The lowest BCUT2D eigenvalue weighted by atomic mass is 10.1. The molecule has 1 fully saturated rings. The summed E-state index contributed by atoms with van der Waals surface area (Å²) in [6, 6.07) is -0.327. The molecule has 0 aliphatic heterocycles. The summed E-state index contributed by atoms with van der Waals surface area (Å²) < 4.78 is 41.2. The highest BCUT2D eigenvalue weighted by atomic mass is 32.1. The number of thiophene rings is 1. The van der Waals surface area contributed by atoms with Crippen LogP contribution in [-0.2, 0) is 13.1 Å². The molecule has 2 atom stereocenters. The molecule has 0 radical (unpaired) electrons. The molecule has 0 amide bonds. The molecule has 1 saturated carbocycles. The zero-order chi connectivity index (χ0) is 21.0. The van der Waals surface area contributed by atoms with Crippen molar-refractivity contribution in [3.05, 3.63) is 31.3 Å². The van der Waals surface area contributed by atoms with Gasteiger partial charge >= 0.3 is 11.9 Å². The number of fused-ring (bicyclic) bond motifs is 1. The van der Waals surface area contributed by atoms with Gasteiger partial charge in [-0.15, -0.1) is 11.3 Å². The quantitative estimate of drug-likeness (QED) is 0.733. The zero-order valence-electron chi connectivity index (χ0n) is 16.5. The Morgan fingerprint density at radius 2 is 1.82 bits per heavy atom. The van der Waals surface area contributed by atoms with Gasteiger partial charge in [-0.25, -0.2) is 4.79 Å². The van der Waals surface area contributed by atoms with Crippen molar-refractivity contribution in [2.75, 3.05) is 0 Å². The summed E-state index contributed by atoms with van der Waals surface area (Å²) in [5, 5.41) is 0.209. The fourth-order valence-corrected chi connectivity index (χ4v) is 4.47. The lowest BCUT2D eigenvalue weighted by molar-refractivity contribution is -0.140. The van der Waals surface area contributed by atoms with Crippen molar-refractivity contribution in [3.63, 3.8) is 0 Å². The van der Waals surface area contributed by atoms with Gasteiger partial charge in [0.2, 0.25) is 0 Å². The third-order valence-corrected chi connectivity index (χ3v) is 6.10. The van der Waals surface area contributed by atoms with Crippen molar-refractivity contribution in [3.8, 4) is 0 Å². The molecule has 0 saturated heterocycles. The van der Waals surface area contributed by atoms with Gasteiger partial charge in [-0.1, -0.05) is 6.92 Å². The van der Waals surface area contributed by atoms with Crippen LogP contribution in [0.2, 0.25) is 0 Å². The minimum Gasteiger partial charge on any atom is -0.275 e. The topological polar surface area (TPSA) is 68.1 Å². The second-order valence-electron chi connectivity index (χ2n) is 8.50. The Hall–Kier alpha value is -1.65. The van der Waals surface area contributed by atoms with Crippen molar-refractivity contribution in [2.24, 2.45) is 5.92 Å². The molecule has 10 heteroatoms. The number of nitrogens with zero attached hydrogens (tertiary/aromatic N) is 2. The Bertz CT molecular complexity index is 1010. The van der Waals surface area contributed by atoms with Crippen molar-refractivity contribution in [1.82, 2.24) is 20.0 Å². The van der Waals surface area contributed by atoms with E-state index in [2.05, 4.69) is 10.9 Å². The smallest absolute Gasteiger partial charge is 0.275 e. The molecule has 3 rings (SSSR count). The molecule has 0 bridgehead atoms. The highest BCUT2D eigenvalue weighted by Gasteiger charge is 2.39. The van der Waals surface area contributed by atoms with Crippen LogP contribution in [0.4, 0.5) is 13.2 Å². The monoisotopic (exact) mass is 418 g/mol. The maximum Gasteiger partial charge on any atom is 0.406 e. The molecule has 28 heavy (non-hydrogen) atoms. The van der Waals surface area contributed by atoms with E-state index in [0.29, 0.717) is 23.1 Å². The predicted molar refractivity (Wildman–Crippen MR) is 104 cm³/mol. The van der Waals surface area contributed by atoms with Gasteiger partial charge in [0.1, 0.15) is 11.4 Å². The van der Waals surface area contributed by atoms with E-state index in [1.807, 2.05) is 27.7 Å². The molecule has 6 nitrogen and oxygen atoms in total. The van der Waals surface area contributed by atoms with Crippen molar-refractivity contribution < 1.29 is 13.2 Å². The number of aromatic nitrogens is 2. The third kappa shape index (κ3) is 4.18. The highest BCUT2D eigenvalue weighted by Crippen LogP contribution is 2.41. The molecule has 156 valence electrons. The lowest BCUT2D eigenvalue weighted by Crippen LogP contribution is -2.45. The number of alkyl halides is 3. The van der Waals surface area contributed by atoms with Crippen LogP contribution in [0.25, 0.3) is 10.2 Å². The molecule has 0 spiro atoms. The molecular weight excluding hydrogens is 393 g/mol. The number of hydrazine groups is 1. The summed E-state index contributed by atoms with van der Waals surface area (Å²) in [6.07, 6.45) is -3.93. The van der Waals surface area contributed by atoms with Crippen LogP contribution in [-0.4, -0.2) is 20.8 Å². The van der Waals surface area contributed by atoms with Crippen LogP contribution < -0.4 is 22.1 Å². The van der Waals surface area contributed by atoms with E-state index in [4.69, 9.17) is 0 Å². The van der Waals surface area contributed by atoms with Crippen LogP contribution in [0.5, 0.6) is 0 Å². The number of rotatable bonds is 5. The summed E-state index contributed by atoms with van der Waals surface area (Å²) in [4.78, 5) is 26.6. The SMILES string of the molecule is Cc1c(CNNC(C)(C)C)sc2c1c(=O)n([C@H]1C[C@@H]1C)c(=O)n2CC(F)(F)F. The maximum absolute atomic E-state index is 13.2. The lowest BCUT2D eigenvalue weighted by Gasteiger charge is -2.20. The van der Waals surface area contributed by atoms with E-state index in [1.54, 1.807) is 6.92 Å². The number of hydrogen-bond donors (Lipinski definition) is 2. The van der Waals surface area contributed by atoms with Gasteiger partial charge < -0.3 is 0 Å². The van der Waals surface area contributed by atoms with E-state index in [9.17, 15) is 22.8 Å². The Morgan fingerprint density at radius 3 is 2.32 bits per heavy atom. The van der Waals surface area contributed by atoms with Gasteiger partial charge in [-0.3, -0.25) is 24.8 Å². The molecule has 1 aliphatic carbocycles. The average Bonchev–Trinajstić information content (AvgIpc) is 3.13. The van der Waals surface area contributed by atoms with E-state index < -0.39 is 24.0 Å². The fraction of sp³-hybridized carbons (Fsp3) is 0.667. The van der Waals surface area contributed by atoms with Crippen molar-refractivity contribution in [2.45, 2.75) is 71.9 Å². The molecule has 2 aromatic rings. The van der Waals surface area contributed by atoms with Gasteiger partial charge in [0, 0.05) is 23.0 Å². The van der Waals surface area contributed by atoms with Crippen LogP contribution in [0, 0.1) is 12.8 Å². The van der Waals surface area contributed by atoms with Gasteiger partial charge in [0.25, 0.3) is 5.56 Å². The number of halogens is 3. The predicted octanol–water partition coefficient (Wildman–Crippen LogP) is 3.07. The van der Waals surface area contributed by atoms with Gasteiger partial charge in [-0.2, -0.15) is 13.2 Å². The number of aryl methyl sites for hydroxylation is 1. The van der Waals surface area contributed by atoms with Crippen LogP contribution in [0.15, 0.2) is 9.59 Å². The van der Waals surface area contributed by atoms with Crippen LogP contribution in [0.1, 0.15) is 50.6 Å². The van der Waals surface area contributed by atoms with E-state index in [0.717, 1.165) is 20.8 Å². The standard InChI is InChI=1S/C18H25F3N4O2S/c1-9-6-11(9)25-14(26)13-10(2)12(7-22-23-17(3,4)5)28-15(13)24(16(25)27)8-18(19,20)21/h9,11,22-23H,6-8H2,1-5H3/t9-,11-/m0/s1. The number of hydrogen-bond acceptors (Lipinski definition) is 5. The van der Waals surface area contributed by atoms with Gasteiger partial charge in [0.15, 0.2) is 0 Å². The molecule has 2 N–H and O–H groups in total. The minimum absolute atomic E-state index is 0.0851. The molecule has 2 aromatic heterocycles. The van der Waals surface area contributed by atoms with Crippen molar-refractivity contribution >= 4 is 21.6 Å². The van der Waals surface area contributed by atoms with E-state index in [-0.39, 0.29) is 27.7 Å². The Morgan fingerprint density at radius 1 is 1.21 bits per heavy atom. The first-order valence-electron chi connectivity index (χ1n) is 9.14. The summed E-state index contributed by atoms with van der Waals surface area (Å²) in [7, 11) is 0. The Balaban J connectivity index is 2.15. The zero-order valence-corrected chi connectivity index (χ0v) is 17.3. The first kappa shape index (κ1) is 21.1. The normalized spacial score (nSPS) is 20.1. The second-order valence-corrected chi connectivity index (χ2v) is 9.58. The fourth-order valence-electron chi connectivity index (χ4n) is 3.24. The summed E-state index contributed by atoms with van der Waals surface area (Å²) >= 11 is 1.06. The second kappa shape index (κ2) is 7.00. The summed E-state index contributed by atoms with van der Waals surface area (Å²) in [5.41, 5.74) is 5.19. The van der Waals surface area contributed by atoms with Gasteiger partial charge in [0.05, 0.1) is 5.39 Å². The number of nitrogens with one attached hydrogen (secondary N) is 2. The first-order valence-corrected chi connectivity index (χ1v) is 9.96. The summed E-state index contributed by atoms with van der Waals surface area (Å²) in [6.45, 7) is 8.43. The largest absolute Gasteiger partial charge is 0.406 e. The van der Waals surface area contributed by atoms with Crippen molar-refractivity contribution in [1.29, 1.82) is 0 Å². The maximum atomic E-state index is 13.2. The highest BCUT2D eigenvalue weighted by molar-refractivity contribution is 7.18. The summed E-state index contributed by atoms with van der Waals surface area (Å²) in [5.74, 6) is 0.109. The van der Waals surface area contributed by atoms with Gasteiger partial charge in [-0.05, 0) is 45.6 Å². The first-order chi connectivity index (χ1) is 12.8. The molecule has 2 heterocycles. The average molecular weight is 418 g/mol. The van der Waals surface area contributed by atoms with Crippen LogP contribution in [0.3, 0.4) is 0 Å². The van der Waals surface area contributed by atoms with Crippen LogP contribution >= 0.6 is 11.3 Å². The molecule has 0 unspecified atom stereocenters. The van der Waals surface area contributed by atoms with E-state index >= 15 is 0 Å². The molecule has 1 aliphatic rings. The van der Waals surface area contributed by atoms with E-state index in [1.165, 1.54) is 0 Å². The Labute approximate surface area is 164 Å². The minimum atomic E-state index is -4.56. The Kier molecular flexibility index (Phi) is 5.26.